The highest BCUT2D eigenvalue weighted by molar-refractivity contribution is 7.98. The predicted molar refractivity (Wildman–Crippen MR) is 88.0 cm³/mol. The maximum Gasteiger partial charge on any atom is 0.273 e. The van der Waals surface area contributed by atoms with Gasteiger partial charge in [-0.05, 0) is 42.7 Å². The molecule has 2 heterocycles. The van der Waals surface area contributed by atoms with Gasteiger partial charge in [0.25, 0.3) is 5.91 Å². The molecule has 0 unspecified atom stereocenters. The Morgan fingerprint density at radius 1 is 1.14 bits per heavy atom. The molecule has 1 amide bonds. The van der Waals surface area contributed by atoms with Crippen LogP contribution in [-0.2, 0) is 0 Å². The van der Waals surface area contributed by atoms with Crippen LogP contribution in [0.3, 0.4) is 0 Å². The molecule has 0 aliphatic rings. The number of nitrogens with zero attached hydrogens (tertiary/aromatic N) is 2. The minimum absolute atomic E-state index is 0.229. The number of hydrogen-bond donors (Lipinski definition) is 2. The zero-order valence-electron chi connectivity index (χ0n) is 11.9. The number of hydrogen-bond acceptors (Lipinski definition) is 4. The summed E-state index contributed by atoms with van der Waals surface area (Å²) in [5.41, 5.74) is 2.52. The molecule has 0 saturated heterocycles. The van der Waals surface area contributed by atoms with Gasteiger partial charge in [-0.2, -0.15) is 5.10 Å². The standard InChI is InChI=1S/C16H14N4OS/c1-22-12-6-4-5-11(9-12)18-16(21)15-10-14(19-20-15)13-7-2-3-8-17-13/h2-10H,1H3,(H,18,21)(H,19,20). The van der Waals surface area contributed by atoms with E-state index in [-0.39, 0.29) is 5.91 Å². The van der Waals surface area contributed by atoms with Gasteiger partial charge in [0, 0.05) is 16.8 Å². The van der Waals surface area contributed by atoms with E-state index in [0.717, 1.165) is 16.3 Å². The molecule has 5 nitrogen and oxygen atoms in total. The molecule has 2 N–H and O–H groups in total. The lowest BCUT2D eigenvalue weighted by Crippen LogP contribution is -2.12. The van der Waals surface area contributed by atoms with Crippen molar-refractivity contribution in [2.75, 3.05) is 11.6 Å². The average molecular weight is 310 g/mol. The molecule has 0 saturated carbocycles. The summed E-state index contributed by atoms with van der Waals surface area (Å²) in [6, 6.07) is 14.9. The monoisotopic (exact) mass is 310 g/mol. The highest BCUT2D eigenvalue weighted by Gasteiger charge is 2.12. The van der Waals surface area contributed by atoms with Crippen LogP contribution in [0.1, 0.15) is 10.5 Å². The van der Waals surface area contributed by atoms with E-state index in [2.05, 4.69) is 20.5 Å². The molecule has 2 aromatic heterocycles. The van der Waals surface area contributed by atoms with Crippen LogP contribution in [0.4, 0.5) is 5.69 Å². The molecule has 0 aliphatic carbocycles. The van der Waals surface area contributed by atoms with Crippen molar-refractivity contribution in [2.24, 2.45) is 0 Å². The van der Waals surface area contributed by atoms with Crippen molar-refractivity contribution in [3.8, 4) is 11.4 Å². The van der Waals surface area contributed by atoms with Gasteiger partial charge in [-0.3, -0.25) is 14.9 Å². The summed E-state index contributed by atoms with van der Waals surface area (Å²) in [4.78, 5) is 17.6. The van der Waals surface area contributed by atoms with Gasteiger partial charge in [0.15, 0.2) is 0 Å². The first-order chi connectivity index (χ1) is 10.8. The smallest absolute Gasteiger partial charge is 0.273 e. The summed E-state index contributed by atoms with van der Waals surface area (Å²) in [5, 5.41) is 9.73. The van der Waals surface area contributed by atoms with Gasteiger partial charge >= 0.3 is 0 Å². The first-order valence-electron chi connectivity index (χ1n) is 6.68. The maximum atomic E-state index is 12.2. The first kappa shape index (κ1) is 14.3. The second kappa shape index (κ2) is 6.44. The lowest BCUT2D eigenvalue weighted by molar-refractivity contribution is 0.102. The average Bonchev–Trinajstić information content (AvgIpc) is 3.06. The molecular weight excluding hydrogens is 296 g/mol. The predicted octanol–water partition coefficient (Wildman–Crippen LogP) is 3.45. The molecule has 22 heavy (non-hydrogen) atoms. The molecule has 0 radical (unpaired) electrons. The summed E-state index contributed by atoms with van der Waals surface area (Å²) in [6.45, 7) is 0. The van der Waals surface area contributed by atoms with Crippen molar-refractivity contribution >= 4 is 23.4 Å². The summed E-state index contributed by atoms with van der Waals surface area (Å²) in [6.07, 6.45) is 3.69. The van der Waals surface area contributed by atoms with Crippen molar-refractivity contribution in [3.63, 3.8) is 0 Å². The Morgan fingerprint density at radius 2 is 2.05 bits per heavy atom. The third-order valence-corrected chi connectivity index (χ3v) is 3.80. The number of carbonyl (C=O) groups excluding carboxylic acids is 1. The fourth-order valence-electron chi connectivity index (χ4n) is 1.98. The Morgan fingerprint density at radius 3 is 2.82 bits per heavy atom. The van der Waals surface area contributed by atoms with Crippen LogP contribution in [-0.4, -0.2) is 27.3 Å². The minimum atomic E-state index is -0.229. The van der Waals surface area contributed by atoms with Crippen LogP contribution < -0.4 is 5.32 Å². The highest BCUT2D eigenvalue weighted by Crippen LogP contribution is 2.20. The number of benzene rings is 1. The normalized spacial score (nSPS) is 10.4. The molecule has 3 aromatic rings. The number of anilines is 1. The lowest BCUT2D eigenvalue weighted by Gasteiger charge is -2.04. The van der Waals surface area contributed by atoms with E-state index in [1.165, 1.54) is 0 Å². The third-order valence-electron chi connectivity index (χ3n) is 3.08. The first-order valence-corrected chi connectivity index (χ1v) is 7.91. The van der Waals surface area contributed by atoms with Crippen LogP contribution in [0, 0.1) is 0 Å². The Labute approximate surface area is 132 Å². The quantitative estimate of drug-likeness (QED) is 0.724. The molecule has 0 spiro atoms. The lowest BCUT2D eigenvalue weighted by atomic mass is 10.2. The van der Waals surface area contributed by atoms with Gasteiger partial charge < -0.3 is 5.32 Å². The van der Waals surface area contributed by atoms with Crippen LogP contribution in [0.15, 0.2) is 59.6 Å². The van der Waals surface area contributed by atoms with Crippen molar-refractivity contribution < 1.29 is 4.79 Å². The van der Waals surface area contributed by atoms with E-state index < -0.39 is 0 Å². The van der Waals surface area contributed by atoms with Crippen molar-refractivity contribution in [3.05, 3.63) is 60.4 Å². The van der Waals surface area contributed by atoms with Gasteiger partial charge in [-0.15, -0.1) is 11.8 Å². The number of pyridine rings is 1. The van der Waals surface area contributed by atoms with Gasteiger partial charge in [0.05, 0.1) is 5.69 Å². The molecule has 0 atom stereocenters. The van der Waals surface area contributed by atoms with Crippen molar-refractivity contribution in [1.29, 1.82) is 0 Å². The molecular formula is C16H14N4OS. The molecule has 1 aromatic carbocycles. The molecule has 6 heteroatoms. The maximum absolute atomic E-state index is 12.2. The number of amides is 1. The van der Waals surface area contributed by atoms with Crippen molar-refractivity contribution in [2.45, 2.75) is 4.90 Å². The van der Waals surface area contributed by atoms with Gasteiger partial charge in [0.1, 0.15) is 11.4 Å². The number of aromatic amines is 1. The SMILES string of the molecule is CSc1cccc(NC(=O)c2cc(-c3ccccn3)n[nH]2)c1. The summed E-state index contributed by atoms with van der Waals surface area (Å²) >= 11 is 1.63. The number of rotatable bonds is 4. The van der Waals surface area contributed by atoms with Gasteiger partial charge in [-0.25, -0.2) is 0 Å². The number of H-pyrrole nitrogens is 1. The van der Waals surface area contributed by atoms with E-state index in [0.29, 0.717) is 11.4 Å². The zero-order chi connectivity index (χ0) is 15.4. The molecule has 3 rings (SSSR count). The van der Waals surface area contributed by atoms with Gasteiger partial charge in [0.2, 0.25) is 0 Å². The zero-order valence-corrected chi connectivity index (χ0v) is 12.7. The van der Waals surface area contributed by atoms with Crippen LogP contribution >= 0.6 is 11.8 Å². The minimum Gasteiger partial charge on any atom is -0.321 e. The van der Waals surface area contributed by atoms with E-state index in [4.69, 9.17) is 0 Å². The van der Waals surface area contributed by atoms with E-state index in [1.807, 2.05) is 48.7 Å². The second-order valence-corrected chi connectivity index (χ2v) is 5.45. The third kappa shape index (κ3) is 3.17. The largest absolute Gasteiger partial charge is 0.321 e. The number of nitrogens with one attached hydrogen (secondary N) is 2. The van der Waals surface area contributed by atoms with Crippen molar-refractivity contribution in [1.82, 2.24) is 15.2 Å². The van der Waals surface area contributed by atoms with E-state index >= 15 is 0 Å². The Hall–Kier alpha value is -2.60. The van der Waals surface area contributed by atoms with E-state index in [1.54, 1.807) is 24.0 Å². The van der Waals surface area contributed by atoms with Crippen LogP contribution in [0.25, 0.3) is 11.4 Å². The molecule has 0 fully saturated rings. The summed E-state index contributed by atoms with van der Waals surface area (Å²) < 4.78 is 0. The number of carbonyl (C=O) groups is 1. The Bertz CT molecular complexity index is 786. The summed E-state index contributed by atoms with van der Waals surface area (Å²) in [7, 11) is 0. The fraction of sp³-hybridized carbons (Fsp3) is 0.0625. The van der Waals surface area contributed by atoms with Crippen LogP contribution in [0.2, 0.25) is 0 Å². The Kier molecular flexibility index (Phi) is 4.20. The van der Waals surface area contributed by atoms with Crippen LogP contribution in [0.5, 0.6) is 0 Å². The summed E-state index contributed by atoms with van der Waals surface area (Å²) in [5.74, 6) is -0.229. The number of thioether (sulfide) groups is 1. The number of aromatic nitrogens is 3. The fourth-order valence-corrected chi connectivity index (χ4v) is 2.44. The molecule has 0 bridgehead atoms. The Balaban J connectivity index is 1.77. The highest BCUT2D eigenvalue weighted by atomic mass is 32.2. The molecule has 0 aliphatic heterocycles. The second-order valence-electron chi connectivity index (χ2n) is 4.57. The van der Waals surface area contributed by atoms with E-state index in [9.17, 15) is 4.79 Å². The topological polar surface area (TPSA) is 70.7 Å². The van der Waals surface area contributed by atoms with Gasteiger partial charge in [-0.1, -0.05) is 12.1 Å². The molecule has 110 valence electrons.